The van der Waals surface area contributed by atoms with Crippen molar-refractivity contribution >= 4 is 27.7 Å². The molecule has 50 heavy (non-hydrogen) atoms. The Morgan fingerprint density at radius 1 is 0.980 bits per heavy atom. The number of nitrogens with one attached hydrogen (secondary N) is 5. The number of aliphatic hydroxyl groups excluding tert-OH is 2. The average molecular weight is 720 g/mol. The SMILES string of the molecule is CC(C)S(=O)(=O)NC[C@H](O)C[C@H](O)[C@H](CC1CCCCC1)NC(=O)[C@H](Cc1c[nH]cn1)NC(=O)[C@H](Cc1ccccc1)NC(=O)CC(C)(C)N. The van der Waals surface area contributed by atoms with E-state index in [1.54, 1.807) is 20.0 Å². The van der Waals surface area contributed by atoms with E-state index in [2.05, 4.69) is 30.6 Å². The second kappa shape index (κ2) is 19.3. The number of aliphatic hydroxyl groups is 2. The normalized spacial score (nSPS) is 17.4. The molecule has 1 aliphatic rings. The van der Waals surface area contributed by atoms with Crippen LogP contribution in [0.1, 0.15) is 90.3 Å². The Morgan fingerprint density at radius 2 is 1.62 bits per heavy atom. The summed E-state index contributed by atoms with van der Waals surface area (Å²) < 4.78 is 26.8. The molecule has 5 atom stereocenters. The number of rotatable bonds is 20. The molecule has 1 fully saturated rings. The number of benzene rings is 1. The molecule has 280 valence electrons. The van der Waals surface area contributed by atoms with E-state index in [-0.39, 0.29) is 38.1 Å². The monoisotopic (exact) mass is 719 g/mol. The number of hydrogen-bond acceptors (Lipinski definition) is 9. The Balaban J connectivity index is 1.82. The summed E-state index contributed by atoms with van der Waals surface area (Å²) in [5.74, 6) is -1.32. The molecular formula is C35H57N7O7S. The number of carbonyl (C=O) groups excluding carboxylic acids is 3. The van der Waals surface area contributed by atoms with Gasteiger partial charge in [-0.3, -0.25) is 14.4 Å². The number of aromatic nitrogens is 2. The quantitative estimate of drug-likeness (QED) is 0.0982. The van der Waals surface area contributed by atoms with Gasteiger partial charge in [-0.1, -0.05) is 62.4 Å². The van der Waals surface area contributed by atoms with Gasteiger partial charge in [0.2, 0.25) is 27.7 Å². The number of imidazole rings is 1. The smallest absolute Gasteiger partial charge is 0.243 e. The third-order valence-corrected chi connectivity index (χ3v) is 10.7. The van der Waals surface area contributed by atoms with Gasteiger partial charge in [-0.25, -0.2) is 18.1 Å². The molecule has 0 unspecified atom stereocenters. The average Bonchev–Trinajstić information content (AvgIpc) is 3.56. The van der Waals surface area contributed by atoms with Gasteiger partial charge in [-0.05, 0) is 45.6 Å². The van der Waals surface area contributed by atoms with Crippen LogP contribution in [0.2, 0.25) is 0 Å². The van der Waals surface area contributed by atoms with Crippen LogP contribution in [0.4, 0.5) is 0 Å². The fourth-order valence-corrected chi connectivity index (χ4v) is 6.85. The number of hydrogen-bond donors (Lipinski definition) is 8. The van der Waals surface area contributed by atoms with Crippen molar-refractivity contribution in [3.8, 4) is 0 Å². The second-order valence-corrected chi connectivity index (χ2v) is 16.9. The molecule has 0 saturated heterocycles. The largest absolute Gasteiger partial charge is 0.392 e. The highest BCUT2D eigenvalue weighted by Gasteiger charge is 2.33. The van der Waals surface area contributed by atoms with Gasteiger partial charge in [-0.2, -0.15) is 0 Å². The van der Waals surface area contributed by atoms with Crippen molar-refractivity contribution in [2.45, 2.75) is 133 Å². The minimum absolute atomic E-state index is 0.0196. The molecule has 0 bridgehead atoms. The zero-order valence-corrected chi connectivity index (χ0v) is 30.5. The van der Waals surface area contributed by atoms with E-state index in [0.29, 0.717) is 12.1 Å². The number of nitrogens with two attached hydrogens (primary N) is 1. The van der Waals surface area contributed by atoms with E-state index < -0.39 is 68.9 Å². The molecule has 1 aromatic heterocycles. The number of sulfonamides is 1. The van der Waals surface area contributed by atoms with Gasteiger partial charge in [0, 0.05) is 44.0 Å². The summed E-state index contributed by atoms with van der Waals surface area (Å²) in [4.78, 5) is 47.9. The van der Waals surface area contributed by atoms with Crippen molar-refractivity contribution in [1.82, 2.24) is 30.6 Å². The number of carbonyl (C=O) groups is 3. The third-order valence-electron chi connectivity index (χ3n) is 8.91. The molecular weight excluding hydrogens is 662 g/mol. The van der Waals surface area contributed by atoms with Crippen LogP contribution in [0, 0.1) is 5.92 Å². The van der Waals surface area contributed by atoms with Gasteiger partial charge < -0.3 is 36.9 Å². The van der Waals surface area contributed by atoms with E-state index in [1.165, 1.54) is 20.2 Å². The number of amides is 3. The summed E-state index contributed by atoms with van der Waals surface area (Å²) in [6.45, 7) is 6.19. The van der Waals surface area contributed by atoms with Crippen LogP contribution < -0.4 is 26.4 Å². The van der Waals surface area contributed by atoms with Crippen LogP contribution in [0.15, 0.2) is 42.9 Å². The summed E-state index contributed by atoms with van der Waals surface area (Å²) in [6.07, 6.45) is 6.16. The molecule has 1 aromatic carbocycles. The molecule has 0 radical (unpaired) electrons. The van der Waals surface area contributed by atoms with Crippen LogP contribution in [-0.2, 0) is 37.2 Å². The zero-order valence-electron chi connectivity index (χ0n) is 29.7. The van der Waals surface area contributed by atoms with Crippen LogP contribution >= 0.6 is 0 Å². The molecule has 9 N–H and O–H groups in total. The highest BCUT2D eigenvalue weighted by molar-refractivity contribution is 7.90. The zero-order chi connectivity index (χ0) is 36.9. The summed E-state index contributed by atoms with van der Waals surface area (Å²) in [6, 6.07) is 6.25. The lowest BCUT2D eigenvalue weighted by molar-refractivity contribution is -0.133. The second-order valence-electron chi connectivity index (χ2n) is 14.6. The first kappa shape index (κ1) is 41.1. The lowest BCUT2D eigenvalue weighted by Crippen LogP contribution is -2.58. The van der Waals surface area contributed by atoms with E-state index in [4.69, 9.17) is 5.73 Å². The van der Waals surface area contributed by atoms with Crippen LogP contribution in [-0.4, -0.2) is 94.0 Å². The number of nitrogens with zero attached hydrogens (tertiary/aromatic N) is 1. The third kappa shape index (κ3) is 14.5. The van der Waals surface area contributed by atoms with Crippen molar-refractivity contribution in [2.75, 3.05) is 6.54 Å². The molecule has 1 aliphatic carbocycles. The molecule has 1 heterocycles. The molecule has 15 heteroatoms. The predicted octanol–water partition coefficient (Wildman–Crippen LogP) is 1.19. The maximum Gasteiger partial charge on any atom is 0.243 e. The van der Waals surface area contributed by atoms with Gasteiger partial charge in [-0.15, -0.1) is 0 Å². The molecule has 3 rings (SSSR count). The van der Waals surface area contributed by atoms with Crippen LogP contribution in [0.5, 0.6) is 0 Å². The molecule has 14 nitrogen and oxygen atoms in total. The molecule has 0 spiro atoms. The Kier molecular flexibility index (Phi) is 15.8. The molecule has 0 aliphatic heterocycles. The Labute approximate surface area is 296 Å². The highest BCUT2D eigenvalue weighted by Crippen LogP contribution is 2.28. The fourth-order valence-electron chi connectivity index (χ4n) is 6.09. The fraction of sp³-hybridized carbons (Fsp3) is 0.657. The maximum atomic E-state index is 14.0. The maximum absolute atomic E-state index is 14.0. The first-order valence-electron chi connectivity index (χ1n) is 17.6. The number of aromatic amines is 1. The van der Waals surface area contributed by atoms with Crippen molar-refractivity contribution in [2.24, 2.45) is 11.7 Å². The summed E-state index contributed by atoms with van der Waals surface area (Å²) in [5, 5.41) is 29.9. The number of H-pyrrole nitrogens is 1. The molecule has 2 aromatic rings. The topological polar surface area (TPSA) is 229 Å². The molecule has 1 saturated carbocycles. The summed E-state index contributed by atoms with van der Waals surface area (Å²) >= 11 is 0. The Bertz CT molecular complexity index is 1440. The van der Waals surface area contributed by atoms with Crippen molar-refractivity contribution < 1.29 is 33.0 Å². The standard InChI is InChI=1S/C35H57N7O7S/c1-23(2)50(48,49)39-21-27(43)18-31(44)28(15-24-11-7-5-8-12-24)41-34(47)30(17-26-20-37-22-38-26)42-33(46)29(16-25-13-9-6-10-14-25)40-32(45)19-35(3,4)36/h6,9-10,13-14,20,22-24,27-31,39,43-44H,5,7-8,11-12,15-19,21,36H2,1-4H3,(H,37,38)(H,40,45)(H,41,47)(H,42,46)/t27-,28+,29+,30+,31+/m1/s1. The van der Waals surface area contributed by atoms with Crippen LogP contribution in [0.3, 0.4) is 0 Å². The summed E-state index contributed by atoms with van der Waals surface area (Å²) in [5.41, 5.74) is 6.57. The summed E-state index contributed by atoms with van der Waals surface area (Å²) in [7, 11) is -3.63. The minimum Gasteiger partial charge on any atom is -0.392 e. The highest BCUT2D eigenvalue weighted by atomic mass is 32.2. The Hall–Kier alpha value is -3.37. The van der Waals surface area contributed by atoms with E-state index in [9.17, 15) is 33.0 Å². The van der Waals surface area contributed by atoms with Crippen molar-refractivity contribution in [3.63, 3.8) is 0 Å². The van der Waals surface area contributed by atoms with E-state index in [0.717, 1.165) is 37.7 Å². The minimum atomic E-state index is -3.63. The van der Waals surface area contributed by atoms with Gasteiger partial charge in [0.25, 0.3) is 0 Å². The molecule has 3 amide bonds. The van der Waals surface area contributed by atoms with Gasteiger partial charge >= 0.3 is 0 Å². The van der Waals surface area contributed by atoms with Gasteiger partial charge in [0.05, 0.1) is 35.5 Å². The van der Waals surface area contributed by atoms with E-state index >= 15 is 0 Å². The first-order valence-corrected chi connectivity index (χ1v) is 19.1. The Morgan fingerprint density at radius 3 is 2.22 bits per heavy atom. The van der Waals surface area contributed by atoms with Gasteiger partial charge in [0.15, 0.2) is 0 Å². The first-order chi connectivity index (χ1) is 23.5. The van der Waals surface area contributed by atoms with Crippen molar-refractivity contribution in [3.05, 3.63) is 54.1 Å². The lowest BCUT2D eigenvalue weighted by Gasteiger charge is -2.32. The predicted molar refractivity (Wildman–Crippen MR) is 191 cm³/mol. The van der Waals surface area contributed by atoms with Gasteiger partial charge in [0.1, 0.15) is 12.1 Å². The lowest BCUT2D eigenvalue weighted by atomic mass is 9.83. The van der Waals surface area contributed by atoms with Crippen molar-refractivity contribution in [1.29, 1.82) is 0 Å². The van der Waals surface area contributed by atoms with Crippen LogP contribution in [0.25, 0.3) is 0 Å². The van der Waals surface area contributed by atoms with E-state index in [1.807, 2.05) is 30.3 Å².